The number of carbonyl (C=O) groups excluding carboxylic acids is 1. The number of aryl methyl sites for hydroxylation is 1. The highest BCUT2D eigenvalue weighted by molar-refractivity contribution is 7.13. The van der Waals surface area contributed by atoms with E-state index in [0.29, 0.717) is 18.4 Å². The first-order valence-electron chi connectivity index (χ1n) is 8.17. The van der Waals surface area contributed by atoms with E-state index in [4.69, 9.17) is 5.26 Å². The number of hydrogen-bond acceptors (Lipinski definition) is 5. The van der Waals surface area contributed by atoms with Crippen molar-refractivity contribution < 1.29 is 4.79 Å². The largest absolute Gasteiger partial charge is 0.353 e. The van der Waals surface area contributed by atoms with E-state index in [1.807, 2.05) is 23.7 Å². The Morgan fingerprint density at radius 3 is 2.71 bits per heavy atom. The summed E-state index contributed by atoms with van der Waals surface area (Å²) < 4.78 is 0. The molecular formula is C18H20N4OS. The maximum atomic E-state index is 12.1. The molecule has 1 aliphatic heterocycles. The number of amides is 1. The minimum atomic E-state index is 0.104. The van der Waals surface area contributed by atoms with Crippen LogP contribution in [0.25, 0.3) is 0 Å². The maximum absolute atomic E-state index is 12.1. The molecule has 5 nitrogen and oxygen atoms in total. The number of nitrogens with zero attached hydrogens (tertiary/aromatic N) is 3. The van der Waals surface area contributed by atoms with Gasteiger partial charge in [0.05, 0.1) is 11.6 Å². The second kappa shape index (κ2) is 7.93. The van der Waals surface area contributed by atoms with Crippen molar-refractivity contribution in [3.05, 3.63) is 47.0 Å². The van der Waals surface area contributed by atoms with Gasteiger partial charge in [-0.15, -0.1) is 11.3 Å². The predicted octanol–water partition coefficient (Wildman–Crippen LogP) is 2.73. The molecule has 0 unspecified atom stereocenters. The van der Waals surface area contributed by atoms with Gasteiger partial charge in [0.1, 0.15) is 0 Å². The average molecular weight is 340 g/mol. The lowest BCUT2D eigenvalue weighted by Gasteiger charge is -2.32. The number of nitriles is 1. The lowest BCUT2D eigenvalue weighted by molar-refractivity contribution is -0.121. The highest BCUT2D eigenvalue weighted by atomic mass is 32.1. The van der Waals surface area contributed by atoms with Gasteiger partial charge in [0.2, 0.25) is 5.91 Å². The van der Waals surface area contributed by atoms with Crippen molar-refractivity contribution in [2.75, 3.05) is 18.0 Å². The highest BCUT2D eigenvalue weighted by Gasteiger charge is 2.21. The molecule has 1 aromatic carbocycles. The standard InChI is InChI=1S/C18H20N4OS/c19-13-15-3-1-14(2-4-15)5-6-17(23)21-16-7-10-22(11-8-16)18-20-9-12-24-18/h1-4,9,12,16H,5-8,10-11H2,(H,21,23). The number of nitrogens with one attached hydrogen (secondary N) is 1. The van der Waals surface area contributed by atoms with Gasteiger partial charge in [-0.25, -0.2) is 4.98 Å². The molecule has 3 rings (SSSR count). The summed E-state index contributed by atoms with van der Waals surface area (Å²) in [6.07, 6.45) is 4.94. The molecule has 1 amide bonds. The fourth-order valence-electron chi connectivity index (χ4n) is 2.89. The zero-order valence-corrected chi connectivity index (χ0v) is 14.3. The SMILES string of the molecule is N#Cc1ccc(CCC(=O)NC2CCN(c3nccs3)CC2)cc1. The summed E-state index contributed by atoms with van der Waals surface area (Å²) in [5.41, 5.74) is 1.73. The van der Waals surface area contributed by atoms with Crippen molar-refractivity contribution in [2.24, 2.45) is 0 Å². The second-order valence-corrected chi connectivity index (χ2v) is 6.83. The van der Waals surface area contributed by atoms with Crippen LogP contribution in [0.1, 0.15) is 30.4 Å². The molecule has 0 bridgehead atoms. The van der Waals surface area contributed by atoms with Gasteiger partial charge < -0.3 is 10.2 Å². The summed E-state index contributed by atoms with van der Waals surface area (Å²) in [6, 6.07) is 9.78. The van der Waals surface area contributed by atoms with E-state index in [1.54, 1.807) is 23.5 Å². The van der Waals surface area contributed by atoms with E-state index < -0.39 is 0 Å². The van der Waals surface area contributed by atoms with Crippen molar-refractivity contribution >= 4 is 22.4 Å². The quantitative estimate of drug-likeness (QED) is 0.909. The van der Waals surface area contributed by atoms with Crippen molar-refractivity contribution in [2.45, 2.75) is 31.7 Å². The molecule has 2 aromatic rings. The van der Waals surface area contributed by atoms with Crippen molar-refractivity contribution in [3.63, 3.8) is 0 Å². The molecular weight excluding hydrogens is 320 g/mol. The Morgan fingerprint density at radius 2 is 2.08 bits per heavy atom. The number of carbonyl (C=O) groups is 1. The minimum Gasteiger partial charge on any atom is -0.353 e. The van der Waals surface area contributed by atoms with Crippen LogP contribution in [0.15, 0.2) is 35.8 Å². The number of hydrogen-bond donors (Lipinski definition) is 1. The van der Waals surface area contributed by atoms with Gasteiger partial charge in [0.15, 0.2) is 5.13 Å². The summed E-state index contributed by atoms with van der Waals surface area (Å²) in [7, 11) is 0. The number of aromatic nitrogens is 1. The third-order valence-corrected chi connectivity index (χ3v) is 5.11. The maximum Gasteiger partial charge on any atom is 0.220 e. The molecule has 1 N–H and O–H groups in total. The third-order valence-electron chi connectivity index (χ3n) is 4.27. The Balaban J connectivity index is 1.40. The van der Waals surface area contributed by atoms with Gasteiger partial charge in [-0.2, -0.15) is 5.26 Å². The molecule has 0 saturated carbocycles. The smallest absolute Gasteiger partial charge is 0.220 e. The Kier molecular flexibility index (Phi) is 5.44. The van der Waals surface area contributed by atoms with Crippen LogP contribution in [0, 0.1) is 11.3 Å². The van der Waals surface area contributed by atoms with E-state index in [0.717, 1.165) is 36.6 Å². The van der Waals surface area contributed by atoms with E-state index in [2.05, 4.69) is 21.3 Å². The molecule has 1 aliphatic rings. The van der Waals surface area contributed by atoms with Gasteiger partial charge in [0, 0.05) is 37.1 Å². The van der Waals surface area contributed by atoms with Crippen LogP contribution >= 0.6 is 11.3 Å². The summed E-state index contributed by atoms with van der Waals surface area (Å²) in [4.78, 5) is 18.8. The van der Waals surface area contributed by atoms with Gasteiger partial charge in [-0.05, 0) is 37.0 Å². The summed E-state index contributed by atoms with van der Waals surface area (Å²) >= 11 is 1.66. The number of thiazole rings is 1. The normalized spacial score (nSPS) is 15.0. The van der Waals surface area contributed by atoms with E-state index in [-0.39, 0.29) is 11.9 Å². The number of benzene rings is 1. The van der Waals surface area contributed by atoms with Gasteiger partial charge in [-0.3, -0.25) is 4.79 Å². The van der Waals surface area contributed by atoms with Crippen LogP contribution in [-0.4, -0.2) is 30.0 Å². The predicted molar refractivity (Wildman–Crippen MR) is 95.0 cm³/mol. The molecule has 0 aliphatic carbocycles. The van der Waals surface area contributed by atoms with Gasteiger partial charge in [0.25, 0.3) is 0 Å². The Bertz CT molecular complexity index is 698. The Morgan fingerprint density at radius 1 is 1.33 bits per heavy atom. The zero-order valence-electron chi connectivity index (χ0n) is 13.4. The van der Waals surface area contributed by atoms with Crippen LogP contribution < -0.4 is 10.2 Å². The van der Waals surface area contributed by atoms with E-state index >= 15 is 0 Å². The summed E-state index contributed by atoms with van der Waals surface area (Å²) in [5, 5.41) is 15.0. The first-order valence-corrected chi connectivity index (χ1v) is 9.05. The molecule has 0 spiro atoms. The van der Waals surface area contributed by atoms with Gasteiger partial charge in [-0.1, -0.05) is 12.1 Å². The number of anilines is 1. The monoisotopic (exact) mass is 340 g/mol. The van der Waals surface area contributed by atoms with Crippen molar-refractivity contribution in [1.82, 2.24) is 10.3 Å². The lowest BCUT2D eigenvalue weighted by Crippen LogP contribution is -2.44. The molecule has 24 heavy (non-hydrogen) atoms. The van der Waals surface area contributed by atoms with Crippen molar-refractivity contribution in [3.8, 4) is 6.07 Å². The van der Waals surface area contributed by atoms with E-state index in [1.165, 1.54) is 0 Å². The second-order valence-electron chi connectivity index (χ2n) is 5.95. The number of piperidine rings is 1. The molecule has 124 valence electrons. The first kappa shape index (κ1) is 16.5. The van der Waals surface area contributed by atoms with Crippen LogP contribution in [0.3, 0.4) is 0 Å². The topological polar surface area (TPSA) is 69.0 Å². The molecule has 6 heteroatoms. The summed E-state index contributed by atoms with van der Waals surface area (Å²) in [5.74, 6) is 0.104. The highest BCUT2D eigenvalue weighted by Crippen LogP contribution is 2.22. The number of rotatable bonds is 5. The Labute approximate surface area is 145 Å². The molecule has 0 atom stereocenters. The average Bonchev–Trinajstić information content (AvgIpc) is 3.16. The third kappa shape index (κ3) is 4.33. The van der Waals surface area contributed by atoms with Crippen molar-refractivity contribution in [1.29, 1.82) is 5.26 Å². The molecule has 1 aromatic heterocycles. The van der Waals surface area contributed by atoms with Crippen LogP contribution in [0.4, 0.5) is 5.13 Å². The zero-order chi connectivity index (χ0) is 16.8. The van der Waals surface area contributed by atoms with Gasteiger partial charge >= 0.3 is 0 Å². The van der Waals surface area contributed by atoms with E-state index in [9.17, 15) is 4.79 Å². The minimum absolute atomic E-state index is 0.104. The lowest BCUT2D eigenvalue weighted by atomic mass is 10.0. The summed E-state index contributed by atoms with van der Waals surface area (Å²) in [6.45, 7) is 1.88. The fourth-order valence-corrected chi connectivity index (χ4v) is 3.59. The van der Waals surface area contributed by atoms with Crippen LogP contribution in [-0.2, 0) is 11.2 Å². The first-order chi connectivity index (χ1) is 11.7. The fraction of sp³-hybridized carbons (Fsp3) is 0.389. The van der Waals surface area contributed by atoms with Crippen LogP contribution in [0.5, 0.6) is 0 Å². The molecule has 1 saturated heterocycles. The molecule has 0 radical (unpaired) electrons. The molecule has 2 heterocycles. The van der Waals surface area contributed by atoms with Crippen LogP contribution in [0.2, 0.25) is 0 Å². The molecule has 1 fully saturated rings. The Hall–Kier alpha value is -2.39.